The van der Waals surface area contributed by atoms with E-state index in [-0.39, 0.29) is 0 Å². The Hall–Kier alpha value is -0.353. The van der Waals surface area contributed by atoms with E-state index in [1.165, 1.54) is 0 Å². The zero-order valence-corrected chi connectivity index (χ0v) is 4.89. The van der Waals surface area contributed by atoms with Gasteiger partial charge in [0.2, 0.25) is 0 Å². The highest BCUT2D eigenvalue weighted by molar-refractivity contribution is 6.03. The summed E-state index contributed by atoms with van der Waals surface area (Å²) in [7, 11) is 0.695. The summed E-state index contributed by atoms with van der Waals surface area (Å²) in [6.45, 7) is 0.354. The van der Waals surface area contributed by atoms with Gasteiger partial charge in [-0.25, -0.2) is 0 Å². The van der Waals surface area contributed by atoms with Crippen LogP contribution in [-0.2, 0) is 9.63 Å². The molecule has 0 saturated carbocycles. The summed E-state index contributed by atoms with van der Waals surface area (Å²) in [4.78, 5) is 13.1. The Morgan fingerprint density at radius 1 is 2.00 bits per heavy atom. The summed E-state index contributed by atoms with van der Waals surface area (Å²) >= 11 is 0. The van der Waals surface area contributed by atoms with E-state index in [9.17, 15) is 0 Å². The number of nitrogens with one attached hydrogen (secondary N) is 1. The van der Waals surface area contributed by atoms with Gasteiger partial charge in [0.25, 0.3) is 0 Å². The van der Waals surface area contributed by atoms with Crippen molar-refractivity contribution < 1.29 is 9.63 Å². The predicted molar refractivity (Wildman–Crippen MR) is 20.2 cm³/mol. The number of rotatable bonds is 2. The minimum Gasteiger partial charge on any atom is -0.382 e. The van der Waals surface area contributed by atoms with Crippen molar-refractivity contribution in [2.75, 3.05) is 0 Å². The first-order valence-electron chi connectivity index (χ1n) is 1.18. The molecule has 0 bridgehead atoms. The van der Waals surface area contributed by atoms with Gasteiger partial charge in [0.05, 0.1) is 0 Å². The fourth-order valence-electron chi connectivity index (χ4n) is 0.0481. The van der Waals surface area contributed by atoms with Gasteiger partial charge in [-0.2, -0.15) is 5.15 Å². The highest BCUT2D eigenvalue weighted by atomic mass is 28.2. The van der Waals surface area contributed by atoms with E-state index < -0.39 is 0 Å². The third-order valence-corrected chi connectivity index (χ3v) is 0.402. The van der Waals surface area contributed by atoms with Crippen molar-refractivity contribution in [2.24, 2.45) is 0 Å². The first-order chi connectivity index (χ1) is 2.41. The minimum atomic E-state index is 0.354. The lowest BCUT2D eigenvalue weighted by atomic mass is 11.6. The molecule has 0 atom stereocenters. The largest absolute Gasteiger partial charge is 0.382 e. The maximum absolute atomic E-state index is 9.14. The molecule has 0 aromatic rings. The molecule has 1 N–H and O–H groups in total. The monoisotopic (exact) mass is 91.0 g/mol. The van der Waals surface area contributed by atoms with Gasteiger partial charge in [-0.15, -0.1) is 0 Å². The molecule has 0 saturated heterocycles. The molecule has 0 rings (SSSR count). The smallest absolute Gasteiger partial charge is 0.311 e. The van der Waals surface area contributed by atoms with E-state index >= 15 is 0 Å². The van der Waals surface area contributed by atoms with E-state index in [1.54, 1.807) is 0 Å². The molecular formula is CH5NO2Si. The van der Waals surface area contributed by atoms with Crippen LogP contribution in [0.5, 0.6) is 0 Å². The zero-order chi connectivity index (χ0) is 4.12. The summed E-state index contributed by atoms with van der Waals surface area (Å²) in [6.07, 6.45) is 0. The molecule has 0 aromatic heterocycles. The van der Waals surface area contributed by atoms with Crippen LogP contribution in [0.3, 0.4) is 0 Å². The fourth-order valence-corrected chi connectivity index (χ4v) is 0.144. The number of hydrogen-bond donors (Lipinski definition) is 1. The average Bonchev–Trinajstić information content (AvgIpc) is 1.41. The van der Waals surface area contributed by atoms with Crippen LogP contribution < -0.4 is 5.15 Å². The van der Waals surface area contributed by atoms with Crippen LogP contribution in [0, 0.1) is 0 Å². The van der Waals surface area contributed by atoms with E-state index in [4.69, 9.17) is 4.79 Å². The van der Waals surface area contributed by atoms with Gasteiger partial charge < -0.3 is 4.84 Å². The van der Waals surface area contributed by atoms with Crippen LogP contribution in [-0.4, -0.2) is 16.9 Å². The minimum absolute atomic E-state index is 0.354. The second-order valence-electron chi connectivity index (χ2n) is 0.418. The summed E-state index contributed by atoms with van der Waals surface area (Å²) in [5.41, 5.74) is 0. The van der Waals surface area contributed by atoms with Crippen LogP contribution in [0.1, 0.15) is 0 Å². The first kappa shape index (κ1) is 4.65. The standard InChI is InChI=1S/CH5NO2Si/c3-1-4-2-5/h1-2H,5H3. The first-order valence-corrected chi connectivity index (χ1v) is 2.18. The molecule has 0 aliphatic carbocycles. The van der Waals surface area contributed by atoms with Crippen molar-refractivity contribution in [2.45, 2.75) is 0 Å². The average molecular weight is 91.1 g/mol. The molecule has 0 aliphatic rings. The SMILES string of the molecule is O=CON[SiH3]. The van der Waals surface area contributed by atoms with Gasteiger partial charge in [0, 0.05) is 0 Å². The Kier molecular flexibility index (Phi) is 3.39. The molecule has 0 radical (unpaired) electrons. The summed E-state index contributed by atoms with van der Waals surface area (Å²) in [6, 6.07) is 0. The second kappa shape index (κ2) is 3.65. The van der Waals surface area contributed by atoms with Crippen LogP contribution in [0.25, 0.3) is 0 Å². The lowest BCUT2D eigenvalue weighted by Crippen LogP contribution is -2.06. The van der Waals surface area contributed by atoms with Gasteiger partial charge in [-0.3, -0.25) is 4.79 Å². The Morgan fingerprint density at radius 3 is 2.60 bits per heavy atom. The number of hydrogen-bond acceptors (Lipinski definition) is 3. The van der Waals surface area contributed by atoms with Gasteiger partial charge in [0.15, 0.2) is 0 Å². The van der Waals surface area contributed by atoms with Gasteiger partial charge >= 0.3 is 6.47 Å². The molecule has 30 valence electrons. The Labute approximate surface area is 32.8 Å². The maximum atomic E-state index is 9.14. The molecule has 4 heteroatoms. The highest BCUT2D eigenvalue weighted by Crippen LogP contribution is 1.36. The van der Waals surface area contributed by atoms with Crippen molar-refractivity contribution >= 4 is 16.9 Å². The quantitative estimate of drug-likeness (QED) is 0.241. The molecular weight excluding hydrogens is 86.1 g/mol. The lowest BCUT2D eigenvalue weighted by Gasteiger charge is -1.82. The third kappa shape index (κ3) is 3.65. The lowest BCUT2D eigenvalue weighted by molar-refractivity contribution is -0.131. The van der Waals surface area contributed by atoms with E-state index in [2.05, 4.69) is 9.98 Å². The number of carbonyl (C=O) groups is 1. The van der Waals surface area contributed by atoms with Crippen molar-refractivity contribution in [1.82, 2.24) is 5.15 Å². The second-order valence-corrected chi connectivity index (χ2v) is 0.826. The van der Waals surface area contributed by atoms with Gasteiger partial charge in [-0.1, -0.05) is 0 Å². The molecule has 0 fully saturated rings. The molecule has 0 unspecified atom stereocenters. The predicted octanol–water partition coefficient (Wildman–Crippen LogP) is -2.06. The topological polar surface area (TPSA) is 38.3 Å². The molecule has 0 spiro atoms. The normalized spacial score (nSPS) is 7.20. The van der Waals surface area contributed by atoms with E-state index in [0.717, 1.165) is 0 Å². The molecule has 0 heterocycles. The van der Waals surface area contributed by atoms with Crippen molar-refractivity contribution in [1.29, 1.82) is 0 Å². The third-order valence-electron chi connectivity index (χ3n) is 0.166. The summed E-state index contributed by atoms with van der Waals surface area (Å²) < 4.78 is 0. The number of carbonyl (C=O) groups excluding carboxylic acids is 1. The Balaban J connectivity index is 2.40. The molecule has 0 aliphatic heterocycles. The summed E-state index contributed by atoms with van der Waals surface area (Å²) in [5, 5.41) is 2.29. The molecule has 0 amide bonds. The van der Waals surface area contributed by atoms with Crippen LogP contribution >= 0.6 is 0 Å². The zero-order valence-electron chi connectivity index (χ0n) is 2.89. The Bertz CT molecular complexity index is 30.8. The molecule has 5 heavy (non-hydrogen) atoms. The maximum Gasteiger partial charge on any atom is 0.311 e. The Morgan fingerprint density at radius 2 is 2.60 bits per heavy atom. The highest BCUT2D eigenvalue weighted by Gasteiger charge is 1.57. The van der Waals surface area contributed by atoms with Crippen LogP contribution in [0.15, 0.2) is 0 Å². The van der Waals surface area contributed by atoms with Gasteiger partial charge in [0.1, 0.15) is 10.4 Å². The van der Waals surface area contributed by atoms with Crippen LogP contribution in [0.4, 0.5) is 0 Å². The van der Waals surface area contributed by atoms with Crippen LogP contribution in [0.2, 0.25) is 0 Å². The molecule has 0 aromatic carbocycles. The van der Waals surface area contributed by atoms with Gasteiger partial charge in [-0.05, 0) is 0 Å². The van der Waals surface area contributed by atoms with E-state index in [1.807, 2.05) is 0 Å². The summed E-state index contributed by atoms with van der Waals surface area (Å²) in [5.74, 6) is 0. The van der Waals surface area contributed by atoms with Crippen molar-refractivity contribution in [3.63, 3.8) is 0 Å². The van der Waals surface area contributed by atoms with E-state index in [0.29, 0.717) is 16.9 Å². The fraction of sp³-hybridized carbons (Fsp3) is 0. The van der Waals surface area contributed by atoms with Crippen molar-refractivity contribution in [3.8, 4) is 0 Å². The molecule has 3 nitrogen and oxygen atoms in total. The van der Waals surface area contributed by atoms with Crippen molar-refractivity contribution in [3.05, 3.63) is 0 Å².